The quantitative estimate of drug-likeness (QED) is 0.866. The molecule has 1 saturated carbocycles. The van der Waals surface area contributed by atoms with Gasteiger partial charge >= 0.3 is 6.18 Å². The monoisotopic (exact) mass is 357 g/mol. The topological polar surface area (TPSA) is 57.4 Å². The SMILES string of the molecule is Cc1nc(N2CCN(CC(F)(F)F)CC2)ccc1NC1CCC(N)C1. The molecule has 0 aromatic carbocycles. The molecular formula is C17H26F3N5. The van der Waals surface area contributed by atoms with Crippen LogP contribution in [-0.2, 0) is 0 Å². The third kappa shape index (κ3) is 4.98. The molecule has 0 radical (unpaired) electrons. The van der Waals surface area contributed by atoms with Crippen molar-refractivity contribution in [1.29, 1.82) is 0 Å². The average Bonchev–Trinajstić information content (AvgIpc) is 2.94. The summed E-state index contributed by atoms with van der Waals surface area (Å²) in [6, 6.07) is 4.64. The van der Waals surface area contributed by atoms with Gasteiger partial charge in [0.25, 0.3) is 0 Å². The number of alkyl halides is 3. The van der Waals surface area contributed by atoms with E-state index in [-0.39, 0.29) is 6.04 Å². The standard InChI is InChI=1S/C17H26F3N5/c1-12-15(23-14-3-2-13(21)10-14)4-5-16(22-12)25-8-6-24(7-9-25)11-17(18,19)20/h4-5,13-14,23H,2-3,6-11,21H2,1H3. The molecule has 2 unspecified atom stereocenters. The molecule has 2 aliphatic rings. The van der Waals surface area contributed by atoms with Gasteiger partial charge in [0.15, 0.2) is 0 Å². The number of hydrogen-bond acceptors (Lipinski definition) is 5. The lowest BCUT2D eigenvalue weighted by atomic mass is 10.2. The summed E-state index contributed by atoms with van der Waals surface area (Å²) in [5, 5.41) is 3.51. The van der Waals surface area contributed by atoms with Gasteiger partial charge in [-0.05, 0) is 38.3 Å². The fourth-order valence-corrected chi connectivity index (χ4v) is 3.63. The Hall–Kier alpha value is -1.54. The molecule has 1 aromatic heterocycles. The lowest BCUT2D eigenvalue weighted by molar-refractivity contribution is -0.146. The summed E-state index contributed by atoms with van der Waals surface area (Å²) in [6.45, 7) is 3.06. The lowest BCUT2D eigenvalue weighted by Gasteiger charge is -2.35. The van der Waals surface area contributed by atoms with Gasteiger partial charge in [-0.15, -0.1) is 0 Å². The molecule has 8 heteroatoms. The number of nitrogens with one attached hydrogen (secondary N) is 1. The van der Waals surface area contributed by atoms with Gasteiger partial charge in [-0.25, -0.2) is 4.98 Å². The van der Waals surface area contributed by atoms with E-state index in [0.717, 1.165) is 36.5 Å². The van der Waals surface area contributed by atoms with Crippen molar-refractivity contribution in [2.75, 3.05) is 42.9 Å². The number of aromatic nitrogens is 1. The van der Waals surface area contributed by atoms with Crippen LogP contribution >= 0.6 is 0 Å². The third-order valence-corrected chi connectivity index (χ3v) is 5.00. The molecule has 1 aromatic rings. The lowest BCUT2D eigenvalue weighted by Crippen LogP contribution is -2.49. The Balaban J connectivity index is 1.56. The van der Waals surface area contributed by atoms with Gasteiger partial charge in [-0.1, -0.05) is 0 Å². The second-order valence-corrected chi connectivity index (χ2v) is 7.10. The molecular weight excluding hydrogens is 331 g/mol. The number of nitrogens with two attached hydrogens (primary N) is 1. The van der Waals surface area contributed by atoms with Crippen molar-refractivity contribution in [1.82, 2.24) is 9.88 Å². The number of pyridine rings is 1. The zero-order valence-corrected chi connectivity index (χ0v) is 14.5. The van der Waals surface area contributed by atoms with E-state index in [1.807, 2.05) is 19.1 Å². The minimum Gasteiger partial charge on any atom is -0.381 e. The first-order valence-electron chi connectivity index (χ1n) is 8.84. The van der Waals surface area contributed by atoms with E-state index >= 15 is 0 Å². The largest absolute Gasteiger partial charge is 0.401 e. The Morgan fingerprint density at radius 2 is 1.92 bits per heavy atom. The van der Waals surface area contributed by atoms with E-state index in [4.69, 9.17) is 5.73 Å². The highest BCUT2D eigenvalue weighted by Gasteiger charge is 2.32. The third-order valence-electron chi connectivity index (χ3n) is 5.00. The second-order valence-electron chi connectivity index (χ2n) is 7.10. The Morgan fingerprint density at radius 1 is 1.20 bits per heavy atom. The number of aryl methyl sites for hydroxylation is 1. The maximum atomic E-state index is 12.5. The summed E-state index contributed by atoms with van der Waals surface area (Å²) in [4.78, 5) is 8.15. The first-order chi connectivity index (χ1) is 11.8. The molecule has 2 fully saturated rings. The van der Waals surface area contributed by atoms with Gasteiger partial charge in [-0.2, -0.15) is 13.2 Å². The first-order valence-corrected chi connectivity index (χ1v) is 8.84. The van der Waals surface area contributed by atoms with Crippen molar-refractivity contribution in [3.05, 3.63) is 17.8 Å². The minimum absolute atomic E-state index is 0.276. The average molecular weight is 357 g/mol. The van der Waals surface area contributed by atoms with Crippen LogP contribution in [0, 0.1) is 6.92 Å². The highest BCUT2D eigenvalue weighted by atomic mass is 19.4. The van der Waals surface area contributed by atoms with Gasteiger partial charge in [-0.3, -0.25) is 4.90 Å². The summed E-state index contributed by atoms with van der Waals surface area (Å²) < 4.78 is 37.4. The zero-order valence-electron chi connectivity index (χ0n) is 14.5. The van der Waals surface area contributed by atoms with Gasteiger partial charge in [0, 0.05) is 38.3 Å². The van der Waals surface area contributed by atoms with Crippen molar-refractivity contribution in [3.8, 4) is 0 Å². The van der Waals surface area contributed by atoms with Crippen LogP contribution < -0.4 is 16.0 Å². The van der Waals surface area contributed by atoms with Crippen molar-refractivity contribution < 1.29 is 13.2 Å². The van der Waals surface area contributed by atoms with Crippen molar-refractivity contribution in [3.63, 3.8) is 0 Å². The molecule has 1 aliphatic carbocycles. The van der Waals surface area contributed by atoms with E-state index in [2.05, 4.69) is 15.2 Å². The Kier molecular flexibility index (Phi) is 5.38. The molecule has 3 N–H and O–H groups in total. The minimum atomic E-state index is -4.13. The predicted octanol–water partition coefficient (Wildman–Crippen LogP) is 2.37. The van der Waals surface area contributed by atoms with Crippen molar-refractivity contribution in [2.45, 2.75) is 44.4 Å². The molecule has 3 rings (SSSR count). The smallest absolute Gasteiger partial charge is 0.381 e. The molecule has 25 heavy (non-hydrogen) atoms. The van der Waals surface area contributed by atoms with Crippen LogP contribution in [-0.4, -0.2) is 60.9 Å². The maximum Gasteiger partial charge on any atom is 0.401 e. The van der Waals surface area contributed by atoms with Crippen molar-refractivity contribution in [2.24, 2.45) is 5.73 Å². The molecule has 1 saturated heterocycles. The Morgan fingerprint density at radius 3 is 2.48 bits per heavy atom. The number of rotatable bonds is 4. The molecule has 2 atom stereocenters. The molecule has 0 bridgehead atoms. The first kappa shape index (κ1) is 18.3. The summed E-state index contributed by atoms with van der Waals surface area (Å²) in [6.07, 6.45) is -1.04. The van der Waals surface area contributed by atoms with E-state index in [0.29, 0.717) is 32.2 Å². The summed E-state index contributed by atoms with van der Waals surface area (Å²) in [5.41, 5.74) is 7.88. The predicted molar refractivity (Wildman–Crippen MR) is 92.9 cm³/mol. The number of anilines is 2. The van der Waals surface area contributed by atoms with Crippen LogP contribution in [0.4, 0.5) is 24.7 Å². The molecule has 140 valence electrons. The van der Waals surface area contributed by atoms with Gasteiger partial charge in [0.05, 0.1) is 17.9 Å². The number of halogens is 3. The van der Waals surface area contributed by atoms with Crippen LogP contribution in [0.5, 0.6) is 0 Å². The molecule has 0 spiro atoms. The van der Waals surface area contributed by atoms with Crippen LogP contribution in [0.2, 0.25) is 0 Å². The van der Waals surface area contributed by atoms with Crippen LogP contribution in [0.3, 0.4) is 0 Å². The highest BCUT2D eigenvalue weighted by molar-refractivity contribution is 5.54. The zero-order chi connectivity index (χ0) is 18.0. The number of hydrogen-bond donors (Lipinski definition) is 2. The molecule has 5 nitrogen and oxygen atoms in total. The summed E-state index contributed by atoms with van der Waals surface area (Å²) >= 11 is 0. The summed E-state index contributed by atoms with van der Waals surface area (Å²) in [7, 11) is 0. The maximum absolute atomic E-state index is 12.5. The normalized spacial score (nSPS) is 25.4. The van der Waals surface area contributed by atoms with Gasteiger partial charge in [0.1, 0.15) is 5.82 Å². The number of nitrogens with zero attached hydrogens (tertiary/aromatic N) is 3. The molecule has 0 amide bonds. The van der Waals surface area contributed by atoms with Crippen LogP contribution in [0.1, 0.15) is 25.0 Å². The Labute approximate surface area is 146 Å². The van der Waals surface area contributed by atoms with E-state index < -0.39 is 12.7 Å². The van der Waals surface area contributed by atoms with Gasteiger partial charge in [0.2, 0.25) is 0 Å². The molecule has 1 aliphatic heterocycles. The Bertz CT molecular complexity index is 584. The van der Waals surface area contributed by atoms with Crippen LogP contribution in [0.25, 0.3) is 0 Å². The van der Waals surface area contributed by atoms with E-state index in [1.165, 1.54) is 4.90 Å². The fourth-order valence-electron chi connectivity index (χ4n) is 3.63. The van der Waals surface area contributed by atoms with Gasteiger partial charge < -0.3 is 16.0 Å². The van der Waals surface area contributed by atoms with Crippen molar-refractivity contribution >= 4 is 11.5 Å². The summed E-state index contributed by atoms with van der Waals surface area (Å²) in [5.74, 6) is 0.831. The molecule has 2 heterocycles. The highest BCUT2D eigenvalue weighted by Crippen LogP contribution is 2.25. The number of piperazine rings is 1. The van der Waals surface area contributed by atoms with Crippen LogP contribution in [0.15, 0.2) is 12.1 Å². The van der Waals surface area contributed by atoms with E-state index in [1.54, 1.807) is 0 Å². The second kappa shape index (κ2) is 7.37. The van der Waals surface area contributed by atoms with E-state index in [9.17, 15) is 13.2 Å². The fraction of sp³-hybridized carbons (Fsp3) is 0.706.